The summed E-state index contributed by atoms with van der Waals surface area (Å²) in [5.74, 6) is 0. The van der Waals surface area contributed by atoms with Crippen molar-refractivity contribution >= 4 is 40.4 Å². The molecule has 0 radical (unpaired) electrons. The number of hydrogen-bond acceptors (Lipinski definition) is 4. The van der Waals surface area contributed by atoms with E-state index in [1.807, 2.05) is 0 Å². The van der Waals surface area contributed by atoms with Crippen molar-refractivity contribution in [1.82, 2.24) is 0 Å². The van der Waals surface area contributed by atoms with E-state index in [-0.39, 0.29) is 0 Å². The first-order valence-electron chi connectivity index (χ1n) is 10.5. The Hall–Kier alpha value is -0.0725. The van der Waals surface area contributed by atoms with Gasteiger partial charge in [0.1, 0.15) is 0 Å². The lowest BCUT2D eigenvalue weighted by Gasteiger charge is -2.33. The zero-order valence-electron chi connectivity index (χ0n) is 17.8. The molecule has 3 unspecified atom stereocenters. The van der Waals surface area contributed by atoms with Crippen molar-refractivity contribution in [2.75, 3.05) is 13.2 Å². The van der Waals surface area contributed by atoms with Crippen molar-refractivity contribution in [1.29, 1.82) is 0 Å². The molecule has 2 aliphatic rings. The van der Waals surface area contributed by atoms with Crippen LogP contribution in [0.5, 0.6) is 0 Å². The molecule has 154 valence electrons. The molecule has 1 aromatic rings. The summed E-state index contributed by atoms with van der Waals surface area (Å²) in [5, 5.41) is 1.42. The highest BCUT2D eigenvalue weighted by atomic mass is 28.4. The molecule has 0 amide bonds. The Balaban J connectivity index is 0.000000208. The number of rotatable bonds is 1. The van der Waals surface area contributed by atoms with Gasteiger partial charge in [-0.2, -0.15) is 0 Å². The normalized spacial score (nSPS) is 32.0. The van der Waals surface area contributed by atoms with Crippen LogP contribution in [0.4, 0.5) is 0 Å². The average Bonchev–Trinajstić information content (AvgIpc) is 2.59. The fourth-order valence-electron chi connectivity index (χ4n) is 3.72. The summed E-state index contributed by atoms with van der Waals surface area (Å²) in [4.78, 5) is 0. The minimum absolute atomic E-state index is 0.895. The molecule has 3 rings (SSSR count). The van der Waals surface area contributed by atoms with Crippen LogP contribution in [-0.4, -0.2) is 48.4 Å². The van der Waals surface area contributed by atoms with Crippen molar-refractivity contribution in [3.05, 3.63) is 30.3 Å². The van der Waals surface area contributed by atoms with E-state index in [9.17, 15) is 0 Å². The van der Waals surface area contributed by atoms with Gasteiger partial charge in [-0.15, -0.1) is 0 Å². The van der Waals surface area contributed by atoms with Crippen LogP contribution in [0.25, 0.3) is 0 Å². The standard InChI is InChI=1S/C12H20O2Si2.C7H18O2Si2/c1-15-13-10-6-7-11-16(2,14-15)12-8-4-3-5-9-12;1-10-8-6-4-5-7-11(2,3)9-10/h3-5,8-9,15H,6-7,10-11H2,1-2H3;10H,4-7H2,1-3H3. The maximum absolute atomic E-state index is 6.32. The van der Waals surface area contributed by atoms with Crippen LogP contribution in [-0.2, 0) is 17.1 Å². The Morgan fingerprint density at radius 1 is 0.741 bits per heavy atom. The van der Waals surface area contributed by atoms with Gasteiger partial charge in [-0.05, 0) is 62.9 Å². The van der Waals surface area contributed by atoms with Crippen LogP contribution in [0.3, 0.4) is 0 Å². The zero-order valence-corrected chi connectivity index (χ0v) is 22.1. The Labute approximate surface area is 171 Å². The van der Waals surface area contributed by atoms with E-state index < -0.39 is 35.2 Å². The maximum atomic E-state index is 6.32. The van der Waals surface area contributed by atoms with Gasteiger partial charge in [0.05, 0.1) is 0 Å². The van der Waals surface area contributed by atoms with E-state index in [4.69, 9.17) is 17.1 Å². The second kappa shape index (κ2) is 11.2. The molecule has 8 heteroatoms. The molecule has 2 heterocycles. The Kier molecular flexibility index (Phi) is 9.63. The van der Waals surface area contributed by atoms with Gasteiger partial charge in [-0.25, -0.2) is 0 Å². The Bertz CT molecular complexity index is 546. The van der Waals surface area contributed by atoms with Crippen molar-refractivity contribution < 1.29 is 17.1 Å². The summed E-state index contributed by atoms with van der Waals surface area (Å²) in [6.45, 7) is 13.0. The van der Waals surface area contributed by atoms with E-state index in [1.165, 1.54) is 43.0 Å². The van der Waals surface area contributed by atoms with E-state index in [0.717, 1.165) is 13.2 Å². The SMILES string of the molecule is C[SiH]1OCCCC[Si](C)(C)O1.C[SiH]1OCCCC[Si](C)(c2ccccc2)O1. The van der Waals surface area contributed by atoms with E-state index >= 15 is 0 Å². The molecular weight excluding hydrogens is 405 g/mol. The molecule has 27 heavy (non-hydrogen) atoms. The van der Waals surface area contributed by atoms with Crippen molar-refractivity contribution in [3.63, 3.8) is 0 Å². The highest BCUT2D eigenvalue weighted by Crippen LogP contribution is 2.20. The highest BCUT2D eigenvalue weighted by molar-refractivity contribution is 6.89. The predicted octanol–water partition coefficient (Wildman–Crippen LogP) is 4.02. The first-order chi connectivity index (χ1) is 12.8. The number of hydrogen-bond donors (Lipinski definition) is 0. The molecule has 3 atom stereocenters. The monoisotopic (exact) mass is 442 g/mol. The molecule has 4 nitrogen and oxygen atoms in total. The van der Waals surface area contributed by atoms with Crippen molar-refractivity contribution in [2.45, 2.75) is 70.5 Å². The Morgan fingerprint density at radius 2 is 1.30 bits per heavy atom. The van der Waals surface area contributed by atoms with Gasteiger partial charge < -0.3 is 17.1 Å². The van der Waals surface area contributed by atoms with Crippen molar-refractivity contribution in [3.8, 4) is 0 Å². The lowest BCUT2D eigenvalue weighted by Crippen LogP contribution is -2.52. The van der Waals surface area contributed by atoms with Gasteiger partial charge in [-0.1, -0.05) is 43.2 Å². The van der Waals surface area contributed by atoms with Gasteiger partial charge in [0, 0.05) is 13.2 Å². The summed E-state index contributed by atoms with van der Waals surface area (Å²) in [5.41, 5.74) is 0. The van der Waals surface area contributed by atoms with Crippen LogP contribution in [0.2, 0.25) is 44.8 Å². The molecule has 2 aliphatic heterocycles. The molecule has 0 bridgehead atoms. The van der Waals surface area contributed by atoms with Crippen LogP contribution in [0, 0.1) is 0 Å². The third-order valence-corrected chi connectivity index (χ3v) is 18.3. The van der Waals surface area contributed by atoms with Crippen LogP contribution in [0.1, 0.15) is 25.7 Å². The smallest absolute Gasteiger partial charge is 0.308 e. The van der Waals surface area contributed by atoms with Gasteiger partial charge >= 0.3 is 18.6 Å². The van der Waals surface area contributed by atoms with Crippen molar-refractivity contribution in [2.24, 2.45) is 0 Å². The largest absolute Gasteiger partial charge is 0.438 e. The quantitative estimate of drug-likeness (QED) is 0.616. The van der Waals surface area contributed by atoms with Crippen LogP contribution >= 0.6 is 0 Å². The first kappa shape index (κ1) is 23.2. The summed E-state index contributed by atoms with van der Waals surface area (Å²) >= 11 is 0. The maximum Gasteiger partial charge on any atom is 0.308 e. The number of benzene rings is 1. The van der Waals surface area contributed by atoms with Gasteiger partial charge in [-0.3, -0.25) is 0 Å². The fourth-order valence-corrected chi connectivity index (χ4v) is 16.5. The molecule has 1 aromatic carbocycles. The third-order valence-electron chi connectivity index (χ3n) is 5.22. The lowest BCUT2D eigenvalue weighted by atomic mass is 10.4. The molecule has 2 saturated heterocycles. The van der Waals surface area contributed by atoms with E-state index in [2.05, 4.69) is 63.1 Å². The summed E-state index contributed by atoms with van der Waals surface area (Å²) in [6.07, 6.45) is 4.95. The third kappa shape index (κ3) is 8.44. The van der Waals surface area contributed by atoms with Gasteiger partial charge in [0.15, 0.2) is 8.32 Å². The molecule has 0 N–H and O–H groups in total. The predicted molar refractivity (Wildman–Crippen MR) is 123 cm³/mol. The molecular formula is C19H38O4Si4. The minimum atomic E-state index is -1.72. The highest BCUT2D eigenvalue weighted by Gasteiger charge is 2.34. The lowest BCUT2D eigenvalue weighted by molar-refractivity contribution is 0.252. The molecule has 0 saturated carbocycles. The summed E-state index contributed by atoms with van der Waals surface area (Å²) in [7, 11) is -5.65. The average molecular weight is 443 g/mol. The molecule has 0 spiro atoms. The summed E-state index contributed by atoms with van der Waals surface area (Å²) < 4.78 is 23.6. The van der Waals surface area contributed by atoms with Gasteiger partial charge in [0.2, 0.25) is 8.32 Å². The first-order valence-corrected chi connectivity index (χ1v) is 20.4. The topological polar surface area (TPSA) is 36.9 Å². The minimum Gasteiger partial charge on any atom is -0.438 e. The van der Waals surface area contributed by atoms with E-state index in [0.29, 0.717) is 0 Å². The molecule has 0 aromatic heterocycles. The fraction of sp³-hybridized carbons (Fsp3) is 0.684. The Morgan fingerprint density at radius 3 is 1.93 bits per heavy atom. The van der Waals surface area contributed by atoms with Crippen LogP contribution in [0.15, 0.2) is 30.3 Å². The van der Waals surface area contributed by atoms with Gasteiger partial charge in [0.25, 0.3) is 0 Å². The molecule has 2 fully saturated rings. The second-order valence-corrected chi connectivity index (χ2v) is 20.8. The zero-order chi connectivity index (χ0) is 19.8. The summed E-state index contributed by atoms with van der Waals surface area (Å²) in [6, 6.07) is 13.3. The van der Waals surface area contributed by atoms with Crippen LogP contribution < -0.4 is 5.19 Å². The van der Waals surface area contributed by atoms with E-state index in [1.54, 1.807) is 0 Å². The molecule has 0 aliphatic carbocycles. The second-order valence-electron chi connectivity index (χ2n) is 8.38.